The Balaban J connectivity index is 0.00000200. The van der Waals surface area contributed by atoms with Crippen LogP contribution in [-0.4, -0.2) is 12.0 Å². The molecule has 2 aromatic rings. The molecule has 0 aliphatic carbocycles. The van der Waals surface area contributed by atoms with Gasteiger partial charge in [0.2, 0.25) is 0 Å². The third-order valence-electron chi connectivity index (χ3n) is 2.47. The molecule has 0 radical (unpaired) electrons. The topological polar surface area (TPSA) is 22.1 Å². The van der Waals surface area contributed by atoms with Crippen LogP contribution in [0.15, 0.2) is 42.7 Å². The summed E-state index contributed by atoms with van der Waals surface area (Å²) < 4.78 is 56.3. The van der Waals surface area contributed by atoms with E-state index < -0.39 is 24.0 Å². The molecule has 0 spiro atoms. The number of halogens is 4. The SMILES string of the molecule is Fc1ccc([B-](F)(F)F)c(OCc2ccncc2)c1.[K+]. The zero-order valence-electron chi connectivity index (χ0n) is 10.7. The fourth-order valence-electron chi connectivity index (χ4n) is 1.54. The van der Waals surface area contributed by atoms with Crippen LogP contribution in [-0.2, 0) is 6.61 Å². The molecule has 1 aromatic carbocycles. The van der Waals surface area contributed by atoms with Crippen molar-refractivity contribution in [3.8, 4) is 5.75 Å². The van der Waals surface area contributed by atoms with E-state index in [2.05, 4.69) is 4.98 Å². The van der Waals surface area contributed by atoms with Crippen LogP contribution in [0.2, 0.25) is 0 Å². The van der Waals surface area contributed by atoms with Gasteiger partial charge in [0.05, 0.1) is 5.75 Å². The summed E-state index contributed by atoms with van der Waals surface area (Å²) in [6, 6.07) is 5.42. The minimum absolute atomic E-state index is 0. The van der Waals surface area contributed by atoms with Gasteiger partial charge < -0.3 is 17.7 Å². The van der Waals surface area contributed by atoms with E-state index in [1.54, 1.807) is 12.1 Å². The van der Waals surface area contributed by atoms with Crippen molar-refractivity contribution in [3.05, 3.63) is 54.1 Å². The molecule has 0 saturated carbocycles. The summed E-state index contributed by atoms with van der Waals surface area (Å²) in [5, 5.41) is 0. The number of nitrogens with zero attached hydrogens (tertiary/aromatic N) is 1. The van der Waals surface area contributed by atoms with Crippen molar-refractivity contribution in [1.82, 2.24) is 4.98 Å². The fourth-order valence-corrected chi connectivity index (χ4v) is 1.54. The number of aromatic nitrogens is 1. The number of ether oxygens (including phenoxy) is 1. The second-order valence-electron chi connectivity index (χ2n) is 3.90. The van der Waals surface area contributed by atoms with Crippen molar-refractivity contribution in [3.63, 3.8) is 0 Å². The first kappa shape index (κ1) is 17.6. The van der Waals surface area contributed by atoms with Crippen LogP contribution in [0.4, 0.5) is 17.3 Å². The van der Waals surface area contributed by atoms with Gasteiger partial charge in [-0.25, -0.2) is 4.39 Å². The Hall–Kier alpha value is -0.409. The number of rotatable bonds is 4. The quantitative estimate of drug-likeness (QED) is 0.579. The minimum atomic E-state index is -5.24. The van der Waals surface area contributed by atoms with E-state index in [0.29, 0.717) is 11.6 Å². The van der Waals surface area contributed by atoms with Crippen LogP contribution >= 0.6 is 0 Å². The van der Waals surface area contributed by atoms with Gasteiger partial charge in [-0.1, -0.05) is 11.5 Å². The molecule has 2 nitrogen and oxygen atoms in total. The first-order valence-electron chi connectivity index (χ1n) is 5.48. The molecule has 0 aliphatic heterocycles. The van der Waals surface area contributed by atoms with Crippen LogP contribution in [0, 0.1) is 5.82 Å². The summed E-state index contributed by atoms with van der Waals surface area (Å²) in [7, 11) is 0. The molecule has 2 rings (SSSR count). The van der Waals surface area contributed by atoms with Crippen molar-refractivity contribution >= 4 is 12.4 Å². The summed E-state index contributed by atoms with van der Waals surface area (Å²) in [6.07, 6.45) is 3.00. The number of benzene rings is 1. The number of hydrogen-bond acceptors (Lipinski definition) is 2. The summed E-state index contributed by atoms with van der Waals surface area (Å²) >= 11 is 0. The predicted molar refractivity (Wildman–Crippen MR) is 63.7 cm³/mol. The molecule has 0 atom stereocenters. The second-order valence-corrected chi connectivity index (χ2v) is 3.90. The monoisotopic (exact) mass is 309 g/mol. The van der Waals surface area contributed by atoms with Gasteiger partial charge in [0.15, 0.2) is 0 Å². The van der Waals surface area contributed by atoms with E-state index in [0.717, 1.165) is 12.1 Å². The molecule has 0 bridgehead atoms. The first-order chi connectivity index (χ1) is 8.97. The molecule has 0 saturated heterocycles. The Kier molecular flexibility index (Phi) is 6.67. The molecule has 1 heterocycles. The molecular formula is C12H9BF4KNO. The number of pyridine rings is 1. The van der Waals surface area contributed by atoms with Crippen molar-refractivity contribution in [2.24, 2.45) is 0 Å². The Morgan fingerprint density at radius 1 is 1.05 bits per heavy atom. The van der Waals surface area contributed by atoms with E-state index in [1.807, 2.05) is 0 Å². The average Bonchev–Trinajstić information content (AvgIpc) is 2.36. The predicted octanol–water partition coefficient (Wildman–Crippen LogP) is -0.142. The van der Waals surface area contributed by atoms with Crippen LogP contribution in [0.3, 0.4) is 0 Å². The van der Waals surface area contributed by atoms with E-state index >= 15 is 0 Å². The van der Waals surface area contributed by atoms with Crippen molar-refractivity contribution in [1.29, 1.82) is 0 Å². The van der Waals surface area contributed by atoms with Gasteiger partial charge in [-0.15, -0.1) is 0 Å². The maximum atomic E-state index is 13.0. The third kappa shape index (κ3) is 4.85. The first-order valence-corrected chi connectivity index (χ1v) is 5.48. The van der Waals surface area contributed by atoms with Gasteiger partial charge in [0.1, 0.15) is 12.4 Å². The molecule has 1 aromatic heterocycles. The van der Waals surface area contributed by atoms with E-state index in [1.165, 1.54) is 12.4 Å². The number of hydrogen-bond donors (Lipinski definition) is 0. The van der Waals surface area contributed by atoms with Crippen LogP contribution in [0.25, 0.3) is 0 Å². The van der Waals surface area contributed by atoms with E-state index in [-0.39, 0.29) is 58.0 Å². The minimum Gasteiger partial charge on any atom is -0.492 e. The van der Waals surface area contributed by atoms with Gasteiger partial charge in [-0.2, -0.15) is 0 Å². The largest absolute Gasteiger partial charge is 1.00 e. The molecule has 0 N–H and O–H groups in total. The van der Waals surface area contributed by atoms with E-state index in [4.69, 9.17) is 4.74 Å². The fraction of sp³-hybridized carbons (Fsp3) is 0.0833. The molecular weight excluding hydrogens is 300 g/mol. The zero-order valence-corrected chi connectivity index (χ0v) is 13.8. The van der Waals surface area contributed by atoms with Crippen molar-refractivity contribution in [2.45, 2.75) is 6.61 Å². The Labute approximate surface area is 156 Å². The molecule has 0 amide bonds. The normalized spacial score (nSPS) is 10.8. The Morgan fingerprint density at radius 2 is 1.70 bits per heavy atom. The van der Waals surface area contributed by atoms with Crippen molar-refractivity contribution < 1.29 is 73.5 Å². The van der Waals surface area contributed by atoms with E-state index in [9.17, 15) is 17.3 Å². The average molecular weight is 309 g/mol. The van der Waals surface area contributed by atoms with Crippen LogP contribution in [0.5, 0.6) is 5.75 Å². The van der Waals surface area contributed by atoms with Gasteiger partial charge in [-0.3, -0.25) is 4.98 Å². The maximum absolute atomic E-state index is 13.0. The summed E-state index contributed by atoms with van der Waals surface area (Å²) in [5.74, 6) is -1.27. The molecule has 20 heavy (non-hydrogen) atoms. The standard InChI is InChI=1S/C12H9BF4NO.K/c14-10-1-2-11(13(15,16)17)12(7-10)19-8-9-3-5-18-6-4-9;/h1-7H,8H2;/q-1;+1. The zero-order chi connectivity index (χ0) is 13.9. The van der Waals surface area contributed by atoms with Crippen molar-refractivity contribution in [2.75, 3.05) is 0 Å². The summed E-state index contributed by atoms with van der Waals surface area (Å²) in [4.78, 5) is 3.78. The van der Waals surface area contributed by atoms with Gasteiger partial charge >= 0.3 is 58.4 Å². The summed E-state index contributed by atoms with van der Waals surface area (Å²) in [6.45, 7) is -5.32. The molecule has 8 heteroatoms. The smallest absolute Gasteiger partial charge is 0.492 e. The summed E-state index contributed by atoms with van der Waals surface area (Å²) in [5.41, 5.74) is -0.282. The van der Waals surface area contributed by atoms with Gasteiger partial charge in [-0.05, 0) is 23.8 Å². The third-order valence-corrected chi connectivity index (χ3v) is 2.47. The molecule has 0 aliphatic rings. The maximum Gasteiger partial charge on any atom is 1.00 e. The Bertz CT molecular complexity index is 565. The molecule has 0 fully saturated rings. The molecule has 100 valence electrons. The molecule has 0 unspecified atom stereocenters. The second kappa shape index (κ2) is 7.56. The van der Waals surface area contributed by atoms with Gasteiger partial charge in [0, 0.05) is 18.5 Å². The van der Waals surface area contributed by atoms with Gasteiger partial charge in [0.25, 0.3) is 0 Å². The van der Waals surface area contributed by atoms with Crippen LogP contribution in [0.1, 0.15) is 5.56 Å². The van der Waals surface area contributed by atoms with Crippen LogP contribution < -0.4 is 61.6 Å². The Morgan fingerprint density at radius 3 is 2.30 bits per heavy atom.